The maximum Gasteiger partial charge on any atom is 0.490 e. The quantitative estimate of drug-likeness (QED) is 0.628. The molecule has 0 bridgehead atoms. The number of halogens is 6. The second-order valence-corrected chi connectivity index (χ2v) is 6.80. The number of nitrogens with one attached hydrogen (secondary N) is 1. The Bertz CT molecular complexity index is 939. The maximum atomic E-state index is 13.1. The number of fused-ring (bicyclic) bond motifs is 1. The molecule has 12 heteroatoms. The van der Waals surface area contributed by atoms with E-state index in [1.807, 2.05) is 0 Å². The van der Waals surface area contributed by atoms with E-state index in [-0.39, 0.29) is 28.9 Å². The lowest BCUT2D eigenvalue weighted by Gasteiger charge is -2.37. The summed E-state index contributed by atoms with van der Waals surface area (Å²) in [5.74, 6) is -3.06. The number of benzene rings is 1. The topological polar surface area (TPSA) is 105 Å². The third-order valence-corrected chi connectivity index (χ3v) is 4.45. The highest BCUT2D eigenvalue weighted by atomic mass is 19.4. The molecule has 1 saturated carbocycles. The van der Waals surface area contributed by atoms with E-state index in [0.717, 1.165) is 25.3 Å². The third-order valence-electron chi connectivity index (χ3n) is 4.45. The molecule has 1 amide bonds. The summed E-state index contributed by atoms with van der Waals surface area (Å²) < 4.78 is 70.9. The number of hydrogen-bond donors (Lipinski definition) is 3. The van der Waals surface area contributed by atoms with Crippen LogP contribution in [0.25, 0.3) is 10.9 Å². The molecule has 6 nitrogen and oxygen atoms in total. The second kappa shape index (κ2) is 8.46. The zero-order chi connectivity index (χ0) is 22.7. The summed E-state index contributed by atoms with van der Waals surface area (Å²) in [5, 5.41) is 9.73. The second-order valence-electron chi connectivity index (χ2n) is 6.80. The molecule has 2 aromatic rings. The van der Waals surface area contributed by atoms with E-state index < -0.39 is 29.4 Å². The molecule has 1 aromatic heterocycles. The van der Waals surface area contributed by atoms with Crippen LogP contribution in [0, 0.1) is 0 Å². The van der Waals surface area contributed by atoms with E-state index >= 15 is 0 Å². The lowest BCUT2D eigenvalue weighted by molar-refractivity contribution is -0.192. The van der Waals surface area contributed by atoms with Gasteiger partial charge in [-0.25, -0.2) is 4.79 Å². The number of carbonyl (C=O) groups is 2. The molecule has 1 aliphatic carbocycles. The number of anilines is 1. The molecule has 0 aliphatic heterocycles. The average molecular weight is 437 g/mol. The summed E-state index contributed by atoms with van der Waals surface area (Å²) >= 11 is 0. The highest BCUT2D eigenvalue weighted by Crippen LogP contribution is 2.37. The van der Waals surface area contributed by atoms with Gasteiger partial charge < -0.3 is 16.2 Å². The van der Waals surface area contributed by atoms with Crippen LogP contribution in [0.3, 0.4) is 0 Å². The molecule has 1 aliphatic rings. The van der Waals surface area contributed by atoms with Crippen LogP contribution in [0.5, 0.6) is 0 Å². The first-order valence-electron chi connectivity index (χ1n) is 8.57. The van der Waals surface area contributed by atoms with Gasteiger partial charge in [-0.2, -0.15) is 26.3 Å². The maximum absolute atomic E-state index is 13.1. The van der Waals surface area contributed by atoms with Gasteiger partial charge in [0, 0.05) is 23.5 Å². The summed E-state index contributed by atoms with van der Waals surface area (Å²) in [6.07, 6.45) is -5.44. The van der Waals surface area contributed by atoms with Crippen molar-refractivity contribution in [2.24, 2.45) is 5.73 Å². The number of aromatic nitrogens is 1. The number of pyridine rings is 1. The molecular formula is C18H17F6N3O3. The number of carboxylic acid groups (broad SMARTS) is 1. The first-order chi connectivity index (χ1) is 13.7. The molecule has 0 radical (unpaired) electrons. The SMILES string of the molecule is NC1(CC(=O)Nc2ccc(C(F)(F)F)c3cccnc23)CCC1.O=C(O)C(F)(F)F. The standard InChI is InChI=1S/C16H16F3N3O.C2HF3O2/c17-16(18,19)11-4-5-12(14-10(11)3-1-8-21-14)22-13(23)9-15(20)6-2-7-15;3-2(4,5)1(6)7/h1,3-5,8H,2,6-7,9,20H2,(H,22,23);(H,6,7). The van der Waals surface area contributed by atoms with Gasteiger partial charge >= 0.3 is 18.3 Å². The van der Waals surface area contributed by atoms with Crippen molar-refractivity contribution in [3.8, 4) is 0 Å². The first kappa shape index (κ1) is 23.4. The summed E-state index contributed by atoms with van der Waals surface area (Å²) in [6, 6.07) is 4.98. The van der Waals surface area contributed by atoms with Gasteiger partial charge in [-0.1, -0.05) is 6.07 Å². The van der Waals surface area contributed by atoms with Crippen LogP contribution in [0.2, 0.25) is 0 Å². The number of carbonyl (C=O) groups excluding carboxylic acids is 1. The monoisotopic (exact) mass is 437 g/mol. The van der Waals surface area contributed by atoms with Crippen LogP contribution < -0.4 is 11.1 Å². The normalized spacial score (nSPS) is 15.6. The zero-order valence-corrected chi connectivity index (χ0v) is 15.3. The van der Waals surface area contributed by atoms with E-state index in [0.29, 0.717) is 0 Å². The van der Waals surface area contributed by atoms with Gasteiger partial charge in [0.1, 0.15) is 0 Å². The Morgan fingerprint density at radius 3 is 2.20 bits per heavy atom. The van der Waals surface area contributed by atoms with Crippen molar-refractivity contribution in [1.29, 1.82) is 0 Å². The summed E-state index contributed by atoms with van der Waals surface area (Å²) in [6.45, 7) is 0. The van der Waals surface area contributed by atoms with Crippen LogP contribution in [0.4, 0.5) is 32.0 Å². The van der Waals surface area contributed by atoms with Gasteiger partial charge in [-0.15, -0.1) is 0 Å². The molecule has 0 saturated heterocycles. The summed E-state index contributed by atoms with van der Waals surface area (Å²) in [4.78, 5) is 25.0. The Labute approximate surface area is 166 Å². The highest BCUT2D eigenvalue weighted by molar-refractivity contribution is 6.01. The number of amides is 1. The van der Waals surface area contributed by atoms with Gasteiger partial charge in [0.25, 0.3) is 0 Å². The molecule has 4 N–H and O–H groups in total. The summed E-state index contributed by atoms with van der Waals surface area (Å²) in [7, 11) is 0. The van der Waals surface area contributed by atoms with E-state index in [9.17, 15) is 31.1 Å². The molecule has 3 rings (SSSR count). The third kappa shape index (κ3) is 5.81. The molecule has 0 unspecified atom stereocenters. The Balaban J connectivity index is 0.000000396. The predicted molar refractivity (Wildman–Crippen MR) is 94.5 cm³/mol. The van der Waals surface area contributed by atoms with Crippen molar-refractivity contribution in [3.63, 3.8) is 0 Å². The number of nitrogens with two attached hydrogens (primary N) is 1. The van der Waals surface area contributed by atoms with Crippen LogP contribution in [0.1, 0.15) is 31.2 Å². The Morgan fingerprint density at radius 1 is 1.13 bits per heavy atom. The Morgan fingerprint density at radius 2 is 1.73 bits per heavy atom. The smallest absolute Gasteiger partial charge is 0.475 e. The van der Waals surface area contributed by atoms with Gasteiger partial charge in [-0.05, 0) is 37.5 Å². The average Bonchev–Trinajstić information content (AvgIpc) is 2.59. The molecule has 164 valence electrons. The van der Waals surface area contributed by atoms with Crippen LogP contribution in [0.15, 0.2) is 30.5 Å². The minimum Gasteiger partial charge on any atom is -0.475 e. The Hall–Kier alpha value is -2.89. The number of aliphatic carboxylic acids is 1. The number of nitrogens with zero attached hydrogens (tertiary/aromatic N) is 1. The van der Waals surface area contributed by atoms with Crippen molar-refractivity contribution in [3.05, 3.63) is 36.0 Å². The molecule has 1 heterocycles. The van der Waals surface area contributed by atoms with Crippen molar-refractivity contribution >= 4 is 28.5 Å². The molecule has 30 heavy (non-hydrogen) atoms. The minimum atomic E-state index is -5.08. The number of rotatable bonds is 3. The fourth-order valence-electron chi connectivity index (χ4n) is 2.84. The van der Waals surface area contributed by atoms with Crippen molar-refractivity contribution in [2.45, 2.75) is 43.6 Å². The Kier molecular flexibility index (Phi) is 6.60. The number of alkyl halides is 6. The summed E-state index contributed by atoms with van der Waals surface area (Å²) in [5.41, 5.74) is 5.15. The molecule has 1 fully saturated rings. The van der Waals surface area contributed by atoms with Crippen molar-refractivity contribution in [1.82, 2.24) is 4.98 Å². The molecule has 0 atom stereocenters. The van der Waals surface area contributed by atoms with E-state index in [1.54, 1.807) is 0 Å². The van der Waals surface area contributed by atoms with Crippen LogP contribution in [-0.4, -0.2) is 33.7 Å². The zero-order valence-electron chi connectivity index (χ0n) is 15.3. The first-order valence-corrected chi connectivity index (χ1v) is 8.57. The van der Waals surface area contributed by atoms with Crippen molar-refractivity contribution < 1.29 is 41.0 Å². The van der Waals surface area contributed by atoms with Crippen molar-refractivity contribution in [2.75, 3.05) is 5.32 Å². The minimum absolute atomic E-state index is 0.0381. The fraction of sp³-hybridized carbons (Fsp3) is 0.389. The molecular weight excluding hydrogens is 420 g/mol. The van der Waals surface area contributed by atoms with Crippen LogP contribution in [-0.2, 0) is 15.8 Å². The van der Waals surface area contributed by atoms with E-state index in [4.69, 9.17) is 15.6 Å². The predicted octanol–water partition coefficient (Wildman–Crippen LogP) is 4.10. The number of carboxylic acids is 1. The molecule has 1 aromatic carbocycles. The van der Waals surface area contributed by atoms with E-state index in [2.05, 4.69) is 10.3 Å². The van der Waals surface area contributed by atoms with Gasteiger partial charge in [0.05, 0.1) is 16.8 Å². The van der Waals surface area contributed by atoms with Crippen LogP contribution >= 0.6 is 0 Å². The van der Waals surface area contributed by atoms with Gasteiger partial charge in [0.15, 0.2) is 0 Å². The van der Waals surface area contributed by atoms with Gasteiger partial charge in [0.2, 0.25) is 5.91 Å². The van der Waals surface area contributed by atoms with Gasteiger partial charge in [-0.3, -0.25) is 9.78 Å². The lowest BCUT2D eigenvalue weighted by Crippen LogP contribution is -2.48. The largest absolute Gasteiger partial charge is 0.490 e. The number of hydrogen-bond acceptors (Lipinski definition) is 4. The molecule has 0 spiro atoms. The fourth-order valence-corrected chi connectivity index (χ4v) is 2.84. The highest BCUT2D eigenvalue weighted by Gasteiger charge is 2.38. The van der Waals surface area contributed by atoms with E-state index in [1.165, 1.54) is 24.4 Å². The lowest BCUT2D eigenvalue weighted by atomic mass is 9.75.